The average Bonchev–Trinajstić information content (AvgIpc) is 3.09. The van der Waals surface area contributed by atoms with E-state index in [4.69, 9.17) is 4.42 Å². The van der Waals surface area contributed by atoms with Crippen LogP contribution in [0.2, 0.25) is 0 Å². The zero-order chi connectivity index (χ0) is 16.4. The predicted octanol–water partition coefficient (Wildman–Crippen LogP) is 2.50. The van der Waals surface area contributed by atoms with Crippen LogP contribution < -0.4 is 0 Å². The molecule has 0 saturated carbocycles. The van der Waals surface area contributed by atoms with Gasteiger partial charge in [0.05, 0.1) is 22.0 Å². The average molecular weight is 337 g/mol. The molecule has 0 bridgehead atoms. The van der Waals surface area contributed by atoms with Crippen molar-refractivity contribution < 1.29 is 22.0 Å². The van der Waals surface area contributed by atoms with Gasteiger partial charge in [-0.2, -0.15) is 0 Å². The van der Waals surface area contributed by atoms with Gasteiger partial charge in [0.2, 0.25) is 0 Å². The summed E-state index contributed by atoms with van der Waals surface area (Å²) in [5.74, 6) is -0.624. The van der Waals surface area contributed by atoms with Crippen LogP contribution >= 0.6 is 0 Å². The van der Waals surface area contributed by atoms with Crippen LogP contribution in [0.3, 0.4) is 0 Å². The summed E-state index contributed by atoms with van der Waals surface area (Å²) in [6.45, 7) is 0.740. The molecule has 2 aromatic rings. The zero-order valence-electron chi connectivity index (χ0n) is 12.3. The third-order valence-corrected chi connectivity index (χ3v) is 6.36. The number of furan rings is 1. The lowest BCUT2D eigenvalue weighted by atomic mass is 10.1. The summed E-state index contributed by atoms with van der Waals surface area (Å²) in [5, 5.41) is -0.554. The quantitative estimate of drug-likeness (QED) is 0.807. The summed E-state index contributed by atoms with van der Waals surface area (Å²) >= 11 is 0. The molecule has 0 unspecified atom stereocenters. The molecular weight excluding hydrogens is 321 g/mol. The van der Waals surface area contributed by atoms with E-state index in [9.17, 15) is 17.6 Å². The summed E-state index contributed by atoms with van der Waals surface area (Å²) in [4.78, 5) is 13.9. The van der Waals surface area contributed by atoms with Gasteiger partial charge in [0.1, 0.15) is 12.1 Å². The number of likely N-dealkylation sites (tertiary alicyclic amines) is 1. The maximum Gasteiger partial charge on any atom is 0.257 e. The molecule has 23 heavy (non-hydrogen) atoms. The lowest BCUT2D eigenvalue weighted by Crippen LogP contribution is -2.42. The van der Waals surface area contributed by atoms with E-state index in [1.807, 2.05) is 0 Å². The topological polar surface area (TPSA) is 67.6 Å². The van der Waals surface area contributed by atoms with Crippen molar-refractivity contribution in [2.45, 2.75) is 23.0 Å². The van der Waals surface area contributed by atoms with Crippen molar-refractivity contribution in [3.63, 3.8) is 0 Å². The monoisotopic (exact) mass is 337 g/mol. The molecular formula is C16H16FNO4S. The van der Waals surface area contributed by atoms with Crippen LogP contribution in [0.4, 0.5) is 4.39 Å². The maximum atomic E-state index is 12.9. The minimum atomic E-state index is -3.50. The second-order valence-electron chi connectivity index (χ2n) is 5.50. The van der Waals surface area contributed by atoms with Gasteiger partial charge in [0.15, 0.2) is 9.84 Å². The Bertz CT molecular complexity index is 776. The standard InChI is InChI=1S/C16H16FNO4S/c17-13-1-3-14(4-2-13)23(20,21)15-5-8-18(9-6-15)16(19)12-7-10-22-11-12/h1-4,7,10-11,15H,5-6,8-9H2. The molecule has 122 valence electrons. The van der Waals surface area contributed by atoms with E-state index < -0.39 is 20.9 Å². The fourth-order valence-corrected chi connectivity index (χ4v) is 4.49. The molecule has 0 atom stereocenters. The van der Waals surface area contributed by atoms with Crippen molar-refractivity contribution in [1.29, 1.82) is 0 Å². The fourth-order valence-electron chi connectivity index (χ4n) is 2.75. The highest BCUT2D eigenvalue weighted by Crippen LogP contribution is 2.25. The first-order valence-electron chi connectivity index (χ1n) is 7.29. The van der Waals surface area contributed by atoms with Gasteiger partial charge in [-0.25, -0.2) is 12.8 Å². The Morgan fingerprint density at radius 3 is 2.35 bits per heavy atom. The van der Waals surface area contributed by atoms with E-state index in [0.717, 1.165) is 12.1 Å². The normalized spacial score (nSPS) is 16.5. The van der Waals surface area contributed by atoms with Crippen LogP contribution in [-0.2, 0) is 9.84 Å². The van der Waals surface area contributed by atoms with Gasteiger partial charge in [-0.3, -0.25) is 4.79 Å². The Balaban J connectivity index is 1.69. The maximum absolute atomic E-state index is 12.9. The van der Waals surface area contributed by atoms with E-state index in [0.29, 0.717) is 31.5 Å². The number of benzene rings is 1. The van der Waals surface area contributed by atoms with Crippen LogP contribution in [-0.4, -0.2) is 37.6 Å². The number of hydrogen-bond donors (Lipinski definition) is 0. The van der Waals surface area contributed by atoms with Gasteiger partial charge in [-0.05, 0) is 43.2 Å². The summed E-state index contributed by atoms with van der Waals surface area (Å²) in [6, 6.07) is 6.44. The molecule has 5 nitrogen and oxygen atoms in total. The molecule has 2 heterocycles. The minimum Gasteiger partial charge on any atom is -0.472 e. The number of amides is 1. The minimum absolute atomic E-state index is 0.124. The summed E-state index contributed by atoms with van der Waals surface area (Å²) in [6.07, 6.45) is 3.54. The van der Waals surface area contributed by atoms with E-state index in [1.54, 1.807) is 11.0 Å². The third-order valence-electron chi connectivity index (χ3n) is 4.08. The molecule has 0 spiro atoms. The molecule has 1 saturated heterocycles. The number of halogens is 1. The molecule has 1 aromatic heterocycles. The van der Waals surface area contributed by atoms with Crippen LogP contribution in [0.25, 0.3) is 0 Å². The first kappa shape index (κ1) is 15.7. The molecule has 1 aliphatic heterocycles. The smallest absolute Gasteiger partial charge is 0.257 e. The van der Waals surface area contributed by atoms with Crippen LogP contribution in [0.5, 0.6) is 0 Å². The SMILES string of the molecule is O=C(c1ccoc1)N1CCC(S(=O)(=O)c2ccc(F)cc2)CC1. The highest BCUT2D eigenvalue weighted by atomic mass is 32.2. The largest absolute Gasteiger partial charge is 0.472 e. The van der Waals surface area contributed by atoms with Gasteiger partial charge in [0.25, 0.3) is 5.91 Å². The molecule has 1 fully saturated rings. The molecule has 3 rings (SSSR count). The highest BCUT2D eigenvalue weighted by molar-refractivity contribution is 7.92. The van der Waals surface area contributed by atoms with E-state index in [1.165, 1.54) is 24.7 Å². The van der Waals surface area contributed by atoms with Crippen LogP contribution in [0.15, 0.2) is 52.2 Å². The lowest BCUT2D eigenvalue weighted by molar-refractivity contribution is 0.0725. The number of hydrogen-bond acceptors (Lipinski definition) is 4. The highest BCUT2D eigenvalue weighted by Gasteiger charge is 2.33. The Hall–Kier alpha value is -2.15. The van der Waals surface area contributed by atoms with E-state index in [-0.39, 0.29) is 10.8 Å². The molecule has 0 aliphatic carbocycles. The lowest BCUT2D eigenvalue weighted by Gasteiger charge is -2.31. The van der Waals surface area contributed by atoms with Gasteiger partial charge in [-0.15, -0.1) is 0 Å². The number of nitrogens with zero attached hydrogens (tertiary/aromatic N) is 1. The number of carbonyl (C=O) groups excluding carboxylic acids is 1. The number of piperidine rings is 1. The van der Waals surface area contributed by atoms with E-state index >= 15 is 0 Å². The molecule has 1 amide bonds. The molecule has 7 heteroatoms. The third kappa shape index (κ3) is 3.14. The van der Waals surface area contributed by atoms with Crippen LogP contribution in [0.1, 0.15) is 23.2 Å². The van der Waals surface area contributed by atoms with Crippen molar-refractivity contribution in [2.75, 3.05) is 13.1 Å². The first-order valence-corrected chi connectivity index (χ1v) is 8.84. The molecule has 0 radical (unpaired) electrons. The predicted molar refractivity (Wildman–Crippen MR) is 81.2 cm³/mol. The van der Waals surface area contributed by atoms with Gasteiger partial charge >= 0.3 is 0 Å². The van der Waals surface area contributed by atoms with Gasteiger partial charge in [0, 0.05) is 13.1 Å². The van der Waals surface area contributed by atoms with E-state index in [2.05, 4.69) is 0 Å². The summed E-state index contributed by atoms with van der Waals surface area (Å²) < 4.78 is 43.0. The first-order chi connectivity index (χ1) is 11.0. The van der Waals surface area contributed by atoms with Gasteiger partial charge in [-0.1, -0.05) is 0 Å². The Morgan fingerprint density at radius 2 is 1.78 bits per heavy atom. The fraction of sp³-hybridized carbons (Fsp3) is 0.312. The number of sulfone groups is 1. The molecule has 1 aliphatic rings. The van der Waals surface area contributed by atoms with Crippen molar-refractivity contribution >= 4 is 15.7 Å². The zero-order valence-corrected chi connectivity index (χ0v) is 13.1. The second kappa shape index (κ2) is 6.16. The Morgan fingerprint density at radius 1 is 1.13 bits per heavy atom. The van der Waals surface area contributed by atoms with Crippen molar-refractivity contribution in [1.82, 2.24) is 4.90 Å². The Labute approximate surface area is 133 Å². The number of rotatable bonds is 3. The van der Waals surface area contributed by atoms with Crippen molar-refractivity contribution in [3.8, 4) is 0 Å². The summed E-state index contributed by atoms with van der Waals surface area (Å²) in [5.41, 5.74) is 0.463. The Kier molecular flexibility index (Phi) is 4.21. The molecule has 0 N–H and O–H groups in total. The second-order valence-corrected chi connectivity index (χ2v) is 7.73. The van der Waals surface area contributed by atoms with Crippen molar-refractivity contribution in [3.05, 3.63) is 54.2 Å². The van der Waals surface area contributed by atoms with Crippen LogP contribution in [0, 0.1) is 5.82 Å². The summed E-state index contributed by atoms with van der Waals surface area (Å²) in [7, 11) is -3.50. The number of carbonyl (C=O) groups is 1. The van der Waals surface area contributed by atoms with Crippen molar-refractivity contribution in [2.24, 2.45) is 0 Å². The molecule has 1 aromatic carbocycles. The van der Waals surface area contributed by atoms with Gasteiger partial charge < -0.3 is 9.32 Å².